The van der Waals surface area contributed by atoms with Crippen molar-refractivity contribution in [2.45, 2.75) is 26.2 Å². The van der Waals surface area contributed by atoms with E-state index in [4.69, 9.17) is 25.8 Å². The van der Waals surface area contributed by atoms with Crippen molar-refractivity contribution < 1.29 is 33.4 Å². The first-order valence-corrected chi connectivity index (χ1v) is 11.6. The van der Waals surface area contributed by atoms with Gasteiger partial charge >= 0.3 is 11.9 Å². The zero-order chi connectivity index (χ0) is 25.4. The van der Waals surface area contributed by atoms with Crippen LogP contribution in [0.1, 0.15) is 36.5 Å². The summed E-state index contributed by atoms with van der Waals surface area (Å²) in [4.78, 5) is 50.7. The second-order valence-corrected chi connectivity index (χ2v) is 8.38. The second-order valence-electron chi connectivity index (χ2n) is 7.94. The first-order valence-electron chi connectivity index (χ1n) is 11.2. The van der Waals surface area contributed by atoms with E-state index in [2.05, 4.69) is 5.32 Å². The molecule has 3 rings (SSSR count). The molecule has 186 valence electrons. The number of amides is 2. The first kappa shape index (κ1) is 26.0. The molecule has 1 heterocycles. The molecular formula is C25H27ClN2O7. The molecule has 2 aromatic rings. The number of unbranched alkanes of at least 4 members (excludes halogenated alkanes) is 1. The van der Waals surface area contributed by atoms with E-state index in [0.717, 1.165) is 12.8 Å². The van der Waals surface area contributed by atoms with Crippen molar-refractivity contribution >= 4 is 46.7 Å². The molecule has 0 unspecified atom stereocenters. The third-order valence-electron chi connectivity index (χ3n) is 5.39. The maximum Gasteiger partial charge on any atom is 0.338 e. The highest BCUT2D eigenvalue weighted by molar-refractivity contribution is 6.31. The summed E-state index contributed by atoms with van der Waals surface area (Å²) in [6.45, 7) is 1.96. The zero-order valence-electron chi connectivity index (χ0n) is 19.5. The molecule has 1 N–H and O–H groups in total. The van der Waals surface area contributed by atoms with Gasteiger partial charge in [-0.3, -0.25) is 14.4 Å². The lowest BCUT2D eigenvalue weighted by Crippen LogP contribution is -2.28. The van der Waals surface area contributed by atoms with Gasteiger partial charge in [-0.2, -0.15) is 0 Å². The number of esters is 2. The summed E-state index contributed by atoms with van der Waals surface area (Å²) in [7, 11) is 1.45. The lowest BCUT2D eigenvalue weighted by molar-refractivity contribution is -0.151. The van der Waals surface area contributed by atoms with E-state index < -0.39 is 30.4 Å². The number of nitrogens with zero attached hydrogens (tertiary/aromatic N) is 1. The number of carbonyl (C=O) groups excluding carboxylic acids is 4. The van der Waals surface area contributed by atoms with E-state index in [1.807, 2.05) is 6.92 Å². The highest BCUT2D eigenvalue weighted by atomic mass is 35.5. The molecule has 1 aliphatic heterocycles. The molecule has 2 amide bonds. The predicted octanol–water partition coefficient (Wildman–Crippen LogP) is 3.84. The number of benzene rings is 2. The van der Waals surface area contributed by atoms with E-state index in [-0.39, 0.29) is 18.9 Å². The Balaban J connectivity index is 1.52. The molecule has 1 saturated heterocycles. The molecule has 2 aromatic carbocycles. The Morgan fingerprint density at radius 3 is 2.54 bits per heavy atom. The summed E-state index contributed by atoms with van der Waals surface area (Å²) >= 11 is 5.95. The van der Waals surface area contributed by atoms with Crippen molar-refractivity contribution in [3.05, 3.63) is 53.1 Å². The third-order valence-corrected chi connectivity index (χ3v) is 5.62. The minimum absolute atomic E-state index is 0.0383. The van der Waals surface area contributed by atoms with Gasteiger partial charge in [-0.15, -0.1) is 0 Å². The Hall–Kier alpha value is -3.59. The molecule has 0 aromatic heterocycles. The van der Waals surface area contributed by atoms with E-state index >= 15 is 0 Å². The number of nitrogens with one attached hydrogen (secondary N) is 1. The van der Waals surface area contributed by atoms with E-state index in [1.54, 1.807) is 36.4 Å². The maximum atomic E-state index is 12.5. The fraction of sp³-hybridized carbons (Fsp3) is 0.360. The highest BCUT2D eigenvalue weighted by Gasteiger charge is 2.36. The van der Waals surface area contributed by atoms with Crippen LogP contribution in [0.3, 0.4) is 0 Å². The standard InChI is InChI=1S/C25H27ClN2O7/c1-3-4-11-34-24(31)16-5-8-19(9-6-16)28-14-17(12-23(28)30)25(32)35-15-22(29)27-20-13-18(26)7-10-21(20)33-2/h5-10,13,17H,3-4,11-12,14-15H2,1-2H3,(H,27,29)/t17-/m0/s1. The molecule has 0 radical (unpaired) electrons. The van der Waals surface area contributed by atoms with Crippen molar-refractivity contribution in [3.8, 4) is 5.75 Å². The van der Waals surface area contributed by atoms with Gasteiger partial charge in [-0.25, -0.2) is 4.79 Å². The average Bonchev–Trinajstić information content (AvgIpc) is 3.24. The molecule has 1 aliphatic rings. The molecule has 0 bridgehead atoms. The van der Waals surface area contributed by atoms with Crippen LogP contribution in [0, 0.1) is 5.92 Å². The summed E-state index contributed by atoms with van der Waals surface area (Å²) < 4.78 is 15.5. The molecule has 10 heteroatoms. The molecule has 1 fully saturated rings. The quantitative estimate of drug-likeness (QED) is 0.388. The monoisotopic (exact) mass is 502 g/mol. The predicted molar refractivity (Wildman–Crippen MR) is 130 cm³/mol. The number of hydrogen-bond donors (Lipinski definition) is 1. The number of ether oxygens (including phenoxy) is 3. The van der Waals surface area contributed by atoms with Crippen LogP contribution < -0.4 is 15.0 Å². The number of hydrogen-bond acceptors (Lipinski definition) is 7. The summed E-state index contributed by atoms with van der Waals surface area (Å²) in [5, 5.41) is 2.99. The van der Waals surface area contributed by atoms with Crippen molar-refractivity contribution in [1.82, 2.24) is 0 Å². The Morgan fingerprint density at radius 2 is 1.86 bits per heavy atom. The van der Waals surface area contributed by atoms with Crippen LogP contribution in [0.15, 0.2) is 42.5 Å². The van der Waals surface area contributed by atoms with Crippen LogP contribution >= 0.6 is 11.6 Å². The minimum atomic E-state index is -0.713. The summed E-state index contributed by atoms with van der Waals surface area (Å²) in [6, 6.07) is 11.2. The summed E-state index contributed by atoms with van der Waals surface area (Å²) in [5.41, 5.74) is 1.29. The Labute approximate surface area is 208 Å². The zero-order valence-corrected chi connectivity index (χ0v) is 20.3. The van der Waals surface area contributed by atoms with E-state index in [0.29, 0.717) is 34.3 Å². The minimum Gasteiger partial charge on any atom is -0.495 e. The van der Waals surface area contributed by atoms with Crippen LogP contribution in [0.4, 0.5) is 11.4 Å². The highest BCUT2D eigenvalue weighted by Crippen LogP contribution is 2.28. The topological polar surface area (TPSA) is 111 Å². The van der Waals surface area contributed by atoms with E-state index in [9.17, 15) is 19.2 Å². The lowest BCUT2D eigenvalue weighted by Gasteiger charge is -2.17. The Bertz CT molecular complexity index is 1090. The van der Waals surface area contributed by atoms with Crippen molar-refractivity contribution in [3.63, 3.8) is 0 Å². The Kier molecular flexibility index (Phi) is 9.08. The number of carbonyl (C=O) groups is 4. The number of methoxy groups -OCH3 is 1. The summed E-state index contributed by atoms with van der Waals surface area (Å²) in [5.74, 6) is -2.20. The number of rotatable bonds is 10. The van der Waals surface area contributed by atoms with Gasteiger partial charge in [0.15, 0.2) is 6.61 Å². The molecule has 9 nitrogen and oxygen atoms in total. The fourth-order valence-corrected chi connectivity index (χ4v) is 3.68. The summed E-state index contributed by atoms with van der Waals surface area (Å²) in [6.07, 6.45) is 1.68. The molecule has 1 atom stereocenters. The van der Waals surface area contributed by atoms with Crippen LogP contribution in [0.25, 0.3) is 0 Å². The lowest BCUT2D eigenvalue weighted by atomic mass is 10.1. The molecular weight excluding hydrogens is 476 g/mol. The van der Waals surface area contributed by atoms with Gasteiger partial charge in [0.05, 0.1) is 30.9 Å². The normalized spacial score (nSPS) is 15.0. The molecule has 0 aliphatic carbocycles. The van der Waals surface area contributed by atoms with E-state index in [1.165, 1.54) is 18.1 Å². The maximum absolute atomic E-state index is 12.5. The second kappa shape index (κ2) is 12.2. The van der Waals surface area contributed by atoms with Gasteiger partial charge in [-0.1, -0.05) is 24.9 Å². The van der Waals surface area contributed by atoms with Crippen molar-refractivity contribution in [2.75, 3.05) is 37.1 Å². The third kappa shape index (κ3) is 6.95. The number of halogens is 1. The average molecular weight is 503 g/mol. The van der Waals surface area contributed by atoms with Gasteiger partial charge in [0.2, 0.25) is 5.91 Å². The van der Waals surface area contributed by atoms with Gasteiger partial charge in [-0.05, 0) is 48.9 Å². The van der Waals surface area contributed by atoms with Crippen molar-refractivity contribution in [2.24, 2.45) is 5.92 Å². The molecule has 35 heavy (non-hydrogen) atoms. The van der Waals surface area contributed by atoms with Crippen LogP contribution in [-0.2, 0) is 23.9 Å². The molecule has 0 spiro atoms. The van der Waals surface area contributed by atoms with Crippen LogP contribution in [-0.4, -0.2) is 50.6 Å². The van der Waals surface area contributed by atoms with Gasteiger partial charge < -0.3 is 24.4 Å². The fourth-order valence-electron chi connectivity index (χ4n) is 3.50. The van der Waals surface area contributed by atoms with Crippen LogP contribution in [0.5, 0.6) is 5.75 Å². The SMILES string of the molecule is CCCCOC(=O)c1ccc(N2C[C@@H](C(=O)OCC(=O)Nc3cc(Cl)ccc3OC)CC2=O)cc1. The largest absolute Gasteiger partial charge is 0.495 e. The van der Waals surface area contributed by atoms with Gasteiger partial charge in [0.1, 0.15) is 5.75 Å². The van der Waals surface area contributed by atoms with Gasteiger partial charge in [0.25, 0.3) is 5.91 Å². The van der Waals surface area contributed by atoms with Gasteiger partial charge in [0, 0.05) is 23.7 Å². The molecule has 0 saturated carbocycles. The Morgan fingerprint density at radius 1 is 1.11 bits per heavy atom. The smallest absolute Gasteiger partial charge is 0.338 e. The van der Waals surface area contributed by atoms with Crippen LogP contribution in [0.2, 0.25) is 5.02 Å². The first-order chi connectivity index (χ1) is 16.8. The number of anilines is 2. The van der Waals surface area contributed by atoms with Crippen molar-refractivity contribution in [1.29, 1.82) is 0 Å².